The number of carboxylic acids is 1. The van der Waals surface area contributed by atoms with Crippen molar-refractivity contribution in [2.45, 2.75) is 18.9 Å². The molecule has 0 bridgehead atoms. The summed E-state index contributed by atoms with van der Waals surface area (Å²) in [6.07, 6.45) is 3.66. The molecule has 1 saturated carbocycles. The van der Waals surface area contributed by atoms with Gasteiger partial charge in [-0.15, -0.1) is 10.2 Å². The van der Waals surface area contributed by atoms with Crippen LogP contribution in [0.3, 0.4) is 0 Å². The van der Waals surface area contributed by atoms with Crippen LogP contribution >= 0.6 is 11.6 Å². The molecule has 144 valence electrons. The van der Waals surface area contributed by atoms with E-state index in [1.54, 1.807) is 11.0 Å². The number of ether oxygens (including phenoxy) is 1. The molecule has 0 atom stereocenters. The molecule has 4 rings (SSSR count). The Kier molecular flexibility index (Phi) is 4.55. The molecule has 0 amide bonds. The van der Waals surface area contributed by atoms with Crippen molar-refractivity contribution in [1.82, 2.24) is 25.0 Å². The highest BCUT2D eigenvalue weighted by Crippen LogP contribution is 2.39. The minimum Gasteiger partial charge on any atom is -0.494 e. The highest BCUT2D eigenvalue weighted by atomic mass is 35.5. The summed E-state index contributed by atoms with van der Waals surface area (Å²) >= 11 is 5.82. The van der Waals surface area contributed by atoms with Gasteiger partial charge < -0.3 is 15.2 Å². The van der Waals surface area contributed by atoms with Gasteiger partial charge in [0, 0.05) is 12.1 Å². The third-order valence-corrected chi connectivity index (χ3v) is 4.35. The third-order valence-electron chi connectivity index (χ3n) is 4.16. The van der Waals surface area contributed by atoms with Crippen LogP contribution in [-0.2, 0) is 0 Å². The van der Waals surface area contributed by atoms with Crippen LogP contribution in [0.5, 0.6) is 5.75 Å². The van der Waals surface area contributed by atoms with Crippen molar-refractivity contribution in [2.75, 3.05) is 12.4 Å². The second kappa shape index (κ2) is 7.04. The van der Waals surface area contributed by atoms with E-state index in [1.807, 2.05) is 0 Å². The van der Waals surface area contributed by atoms with E-state index in [0.717, 1.165) is 12.8 Å². The molecule has 0 aliphatic heterocycles. The third kappa shape index (κ3) is 3.46. The number of aromatic carboxylic acids is 1. The van der Waals surface area contributed by atoms with Crippen LogP contribution in [0.4, 0.5) is 15.8 Å². The summed E-state index contributed by atoms with van der Waals surface area (Å²) in [5, 5.41) is 23.6. The van der Waals surface area contributed by atoms with E-state index in [4.69, 9.17) is 16.3 Å². The zero-order chi connectivity index (χ0) is 19.8. The van der Waals surface area contributed by atoms with Crippen LogP contribution < -0.4 is 10.1 Å². The van der Waals surface area contributed by atoms with Gasteiger partial charge in [0.25, 0.3) is 0 Å². The van der Waals surface area contributed by atoms with Crippen molar-refractivity contribution in [2.24, 2.45) is 0 Å². The van der Waals surface area contributed by atoms with E-state index in [2.05, 4.69) is 25.6 Å². The summed E-state index contributed by atoms with van der Waals surface area (Å²) in [6.45, 7) is 0. The number of aromatic nitrogens is 5. The molecule has 0 radical (unpaired) electrons. The molecule has 9 nitrogen and oxygen atoms in total. The fourth-order valence-corrected chi connectivity index (χ4v) is 2.90. The largest absolute Gasteiger partial charge is 0.494 e. The van der Waals surface area contributed by atoms with Gasteiger partial charge in [0.2, 0.25) is 0 Å². The number of carboxylic acid groups (broad SMARTS) is 1. The maximum Gasteiger partial charge on any atom is 0.358 e. The predicted octanol–water partition coefficient (Wildman–Crippen LogP) is 3.31. The van der Waals surface area contributed by atoms with Crippen molar-refractivity contribution in [3.63, 3.8) is 0 Å². The number of nitrogens with one attached hydrogen (secondary N) is 1. The molecule has 0 spiro atoms. The summed E-state index contributed by atoms with van der Waals surface area (Å²) in [7, 11) is 1.41. The number of benzene rings is 1. The lowest BCUT2D eigenvalue weighted by Gasteiger charge is -2.15. The van der Waals surface area contributed by atoms with Crippen molar-refractivity contribution >= 4 is 28.9 Å². The standard InChI is InChI=1S/C17H14ClFN6O3/c1-28-15-10(16-20-7-25(24-16)9-2-3-9)4-8(19)5-12(15)21-11-6-13(18)22-23-14(11)17(26)27/h4-7,9H,2-3H2,1H3,(H,21,22)(H,26,27). The van der Waals surface area contributed by atoms with Gasteiger partial charge >= 0.3 is 5.97 Å². The first-order valence-electron chi connectivity index (χ1n) is 8.29. The average molecular weight is 405 g/mol. The summed E-state index contributed by atoms with van der Waals surface area (Å²) < 4.78 is 21.5. The van der Waals surface area contributed by atoms with E-state index in [-0.39, 0.29) is 28.0 Å². The zero-order valence-corrected chi connectivity index (χ0v) is 15.3. The van der Waals surface area contributed by atoms with E-state index >= 15 is 0 Å². The lowest BCUT2D eigenvalue weighted by molar-refractivity contribution is 0.0690. The number of halogens is 2. The zero-order valence-electron chi connectivity index (χ0n) is 14.6. The second-order valence-electron chi connectivity index (χ2n) is 6.17. The number of anilines is 2. The summed E-state index contributed by atoms with van der Waals surface area (Å²) in [5.41, 5.74) is 0.174. The predicted molar refractivity (Wildman–Crippen MR) is 97.5 cm³/mol. The SMILES string of the molecule is COc1c(Nc2cc(Cl)nnc2C(=O)O)cc(F)cc1-c1ncn(C2CC2)n1. The molecule has 1 aromatic carbocycles. The second-order valence-corrected chi connectivity index (χ2v) is 6.56. The molecule has 2 heterocycles. The van der Waals surface area contributed by atoms with Gasteiger partial charge in [-0.05, 0) is 18.9 Å². The van der Waals surface area contributed by atoms with E-state index in [1.165, 1.54) is 25.3 Å². The lowest BCUT2D eigenvalue weighted by Crippen LogP contribution is -2.08. The minimum atomic E-state index is -1.31. The molecule has 1 aliphatic rings. The number of hydrogen-bond donors (Lipinski definition) is 2. The average Bonchev–Trinajstić information content (AvgIpc) is 3.38. The van der Waals surface area contributed by atoms with Crippen LogP contribution in [0.25, 0.3) is 11.4 Å². The van der Waals surface area contributed by atoms with Gasteiger partial charge in [-0.1, -0.05) is 11.6 Å². The molecule has 3 aromatic rings. The Morgan fingerprint density at radius 3 is 2.79 bits per heavy atom. The Morgan fingerprint density at radius 2 is 2.11 bits per heavy atom. The monoisotopic (exact) mass is 404 g/mol. The topological polar surface area (TPSA) is 115 Å². The van der Waals surface area contributed by atoms with Gasteiger partial charge in [0.1, 0.15) is 12.1 Å². The number of methoxy groups -OCH3 is 1. The van der Waals surface area contributed by atoms with Gasteiger partial charge in [0.15, 0.2) is 22.4 Å². The Morgan fingerprint density at radius 1 is 1.32 bits per heavy atom. The van der Waals surface area contributed by atoms with E-state index in [9.17, 15) is 14.3 Å². The van der Waals surface area contributed by atoms with E-state index in [0.29, 0.717) is 17.4 Å². The van der Waals surface area contributed by atoms with Gasteiger partial charge in [-0.3, -0.25) is 0 Å². The number of hydrogen-bond acceptors (Lipinski definition) is 7. The Bertz CT molecular complexity index is 1070. The molecule has 1 fully saturated rings. The van der Waals surface area contributed by atoms with Crippen LogP contribution in [0.2, 0.25) is 5.15 Å². The fourth-order valence-electron chi connectivity index (χ4n) is 2.75. The fraction of sp³-hybridized carbons (Fsp3) is 0.235. The summed E-state index contributed by atoms with van der Waals surface area (Å²) in [6, 6.07) is 4.02. The number of rotatable bonds is 6. The van der Waals surface area contributed by atoms with E-state index < -0.39 is 11.8 Å². The van der Waals surface area contributed by atoms with Gasteiger partial charge in [-0.25, -0.2) is 18.9 Å². The molecule has 11 heteroatoms. The minimum absolute atomic E-state index is 0.0204. The smallest absolute Gasteiger partial charge is 0.358 e. The van der Waals surface area contributed by atoms with Crippen molar-refractivity contribution in [1.29, 1.82) is 0 Å². The quantitative estimate of drug-likeness (QED) is 0.643. The first-order chi connectivity index (χ1) is 13.5. The summed E-state index contributed by atoms with van der Waals surface area (Å²) in [4.78, 5) is 15.6. The number of nitrogens with zero attached hydrogens (tertiary/aromatic N) is 5. The van der Waals surface area contributed by atoms with Crippen molar-refractivity contribution in [3.8, 4) is 17.1 Å². The highest BCUT2D eigenvalue weighted by molar-refractivity contribution is 6.29. The molecule has 1 aliphatic carbocycles. The van der Waals surface area contributed by atoms with Crippen LogP contribution in [0, 0.1) is 5.82 Å². The molecule has 2 aromatic heterocycles. The normalized spacial score (nSPS) is 13.4. The number of carbonyl (C=O) groups is 1. The van der Waals surface area contributed by atoms with Crippen molar-refractivity contribution < 1.29 is 19.0 Å². The Hall–Kier alpha value is -3.27. The van der Waals surface area contributed by atoms with Crippen molar-refractivity contribution in [3.05, 3.63) is 41.2 Å². The molecule has 28 heavy (non-hydrogen) atoms. The van der Waals surface area contributed by atoms with Crippen LogP contribution in [0.15, 0.2) is 24.5 Å². The highest BCUT2D eigenvalue weighted by Gasteiger charge is 2.26. The first-order valence-corrected chi connectivity index (χ1v) is 8.66. The van der Waals surface area contributed by atoms with Crippen LogP contribution in [0.1, 0.15) is 29.4 Å². The Labute approximate surface area is 163 Å². The van der Waals surface area contributed by atoms with Gasteiger partial charge in [0.05, 0.1) is 30.1 Å². The molecule has 2 N–H and O–H groups in total. The maximum absolute atomic E-state index is 14.3. The maximum atomic E-state index is 14.3. The molecule has 0 unspecified atom stereocenters. The molecule has 0 saturated heterocycles. The van der Waals surface area contributed by atoms with Gasteiger partial charge in [-0.2, -0.15) is 5.10 Å². The first kappa shape index (κ1) is 18.1. The molecular weight excluding hydrogens is 391 g/mol. The molecular formula is C17H14ClFN6O3. The van der Waals surface area contributed by atoms with Crippen LogP contribution in [-0.4, -0.2) is 43.1 Å². The lowest BCUT2D eigenvalue weighted by atomic mass is 10.1. The summed E-state index contributed by atoms with van der Waals surface area (Å²) in [5.74, 6) is -1.34. The Balaban J connectivity index is 1.78.